The van der Waals surface area contributed by atoms with Crippen molar-refractivity contribution in [1.29, 1.82) is 0 Å². The number of hydrogen-bond acceptors (Lipinski definition) is 2. The van der Waals surface area contributed by atoms with Crippen LogP contribution < -0.4 is 0 Å². The van der Waals surface area contributed by atoms with Crippen LogP contribution in [0.5, 0.6) is 0 Å². The van der Waals surface area contributed by atoms with Crippen molar-refractivity contribution in [3.8, 4) is 0 Å². The average molecular weight is 186 g/mol. The summed E-state index contributed by atoms with van der Waals surface area (Å²) in [5, 5.41) is 8.53. The van der Waals surface area contributed by atoms with Crippen molar-refractivity contribution in [3.05, 3.63) is 11.6 Å². The van der Waals surface area contributed by atoms with E-state index in [1.165, 1.54) is 0 Å². The average Bonchev–Trinajstić information content (AvgIpc) is 1.95. The number of carbonyl (C=O) groups is 1. The van der Waals surface area contributed by atoms with E-state index in [2.05, 4.69) is 0 Å². The first-order valence-corrected chi connectivity index (χ1v) is 4.37. The zero-order chi connectivity index (χ0) is 10.5. The minimum absolute atomic E-state index is 0.148. The predicted octanol–water partition coefficient (Wildman–Crippen LogP) is 2.22. The monoisotopic (exact) mass is 186 g/mol. The number of aliphatic carboxylic acids is 1. The summed E-state index contributed by atoms with van der Waals surface area (Å²) < 4.78 is 5.42. The lowest BCUT2D eigenvalue weighted by molar-refractivity contribution is -0.132. The lowest BCUT2D eigenvalue weighted by Crippen LogP contribution is -2.19. The molecular formula is C10H18O3. The van der Waals surface area contributed by atoms with Gasteiger partial charge in [-0.05, 0) is 34.1 Å². The molecule has 3 heteroatoms. The molecule has 76 valence electrons. The van der Waals surface area contributed by atoms with Crippen LogP contribution in [-0.2, 0) is 9.53 Å². The van der Waals surface area contributed by atoms with Crippen molar-refractivity contribution in [2.24, 2.45) is 0 Å². The highest BCUT2D eigenvalue weighted by molar-refractivity contribution is 5.85. The molecule has 0 aliphatic heterocycles. The molecule has 0 saturated carbocycles. The Bertz CT molecular complexity index is 199. The van der Waals surface area contributed by atoms with E-state index >= 15 is 0 Å². The summed E-state index contributed by atoms with van der Waals surface area (Å²) in [6.07, 6.45) is 2.32. The molecule has 0 spiro atoms. The fourth-order valence-electron chi connectivity index (χ4n) is 0.728. The Morgan fingerprint density at radius 3 is 2.38 bits per heavy atom. The first-order chi connectivity index (χ1) is 5.83. The van der Waals surface area contributed by atoms with E-state index in [0.717, 1.165) is 0 Å². The number of ether oxygens (including phenoxy) is 1. The molecule has 0 rings (SSSR count). The quantitative estimate of drug-likeness (QED) is 0.541. The van der Waals surface area contributed by atoms with Crippen molar-refractivity contribution in [1.82, 2.24) is 0 Å². The van der Waals surface area contributed by atoms with Crippen LogP contribution in [0, 0.1) is 0 Å². The van der Waals surface area contributed by atoms with Crippen molar-refractivity contribution in [2.75, 3.05) is 6.61 Å². The molecule has 0 aliphatic rings. The van der Waals surface area contributed by atoms with Gasteiger partial charge in [0.2, 0.25) is 0 Å². The van der Waals surface area contributed by atoms with Crippen LogP contribution in [0.1, 0.15) is 34.1 Å². The Balaban J connectivity index is 3.68. The van der Waals surface area contributed by atoms with Crippen LogP contribution in [0.3, 0.4) is 0 Å². The van der Waals surface area contributed by atoms with Crippen molar-refractivity contribution >= 4 is 5.97 Å². The molecule has 0 aliphatic carbocycles. The van der Waals surface area contributed by atoms with Crippen LogP contribution in [0.25, 0.3) is 0 Å². The van der Waals surface area contributed by atoms with Gasteiger partial charge in [0.05, 0.1) is 12.2 Å². The molecule has 0 aromatic rings. The molecule has 0 bridgehead atoms. The van der Waals surface area contributed by atoms with Crippen molar-refractivity contribution in [2.45, 2.75) is 39.7 Å². The first-order valence-electron chi connectivity index (χ1n) is 4.37. The molecule has 0 unspecified atom stereocenters. The van der Waals surface area contributed by atoms with Crippen LogP contribution >= 0.6 is 0 Å². The molecule has 0 fully saturated rings. The van der Waals surface area contributed by atoms with Crippen LogP contribution in [0.15, 0.2) is 11.6 Å². The lowest BCUT2D eigenvalue weighted by Gasteiger charge is -2.18. The van der Waals surface area contributed by atoms with Gasteiger partial charge >= 0.3 is 5.97 Å². The van der Waals surface area contributed by atoms with E-state index in [0.29, 0.717) is 18.6 Å². The SMILES string of the molecule is CC(=CCCOC(C)(C)C)C(=O)O. The minimum atomic E-state index is -0.865. The van der Waals surface area contributed by atoms with Gasteiger partial charge in [-0.1, -0.05) is 6.08 Å². The van der Waals surface area contributed by atoms with Crippen LogP contribution in [0.2, 0.25) is 0 Å². The van der Waals surface area contributed by atoms with E-state index in [1.54, 1.807) is 13.0 Å². The molecule has 13 heavy (non-hydrogen) atoms. The highest BCUT2D eigenvalue weighted by Gasteiger charge is 2.08. The summed E-state index contributed by atoms with van der Waals surface area (Å²) in [7, 11) is 0. The van der Waals surface area contributed by atoms with Gasteiger partial charge in [0.25, 0.3) is 0 Å². The zero-order valence-electron chi connectivity index (χ0n) is 8.76. The minimum Gasteiger partial charge on any atom is -0.478 e. The summed E-state index contributed by atoms with van der Waals surface area (Å²) in [6, 6.07) is 0. The standard InChI is InChI=1S/C10H18O3/c1-8(9(11)12)6-5-7-13-10(2,3)4/h6H,5,7H2,1-4H3,(H,11,12). The molecule has 0 saturated heterocycles. The van der Waals surface area contributed by atoms with Gasteiger partial charge < -0.3 is 9.84 Å². The van der Waals surface area contributed by atoms with Gasteiger partial charge in [0, 0.05) is 5.57 Å². The Morgan fingerprint density at radius 2 is 2.00 bits per heavy atom. The molecule has 3 nitrogen and oxygen atoms in total. The van der Waals surface area contributed by atoms with Gasteiger partial charge in [-0.15, -0.1) is 0 Å². The summed E-state index contributed by atoms with van der Waals surface area (Å²) in [4.78, 5) is 10.4. The Labute approximate surface area is 79.4 Å². The molecule has 0 radical (unpaired) electrons. The second-order valence-electron chi connectivity index (χ2n) is 3.94. The van der Waals surface area contributed by atoms with E-state index in [1.807, 2.05) is 20.8 Å². The Kier molecular flexibility index (Phi) is 4.70. The third-order valence-corrected chi connectivity index (χ3v) is 1.44. The maximum absolute atomic E-state index is 10.4. The smallest absolute Gasteiger partial charge is 0.330 e. The molecule has 0 atom stereocenters. The maximum atomic E-state index is 10.4. The summed E-state index contributed by atoms with van der Waals surface area (Å²) >= 11 is 0. The van der Waals surface area contributed by atoms with E-state index in [-0.39, 0.29) is 5.60 Å². The maximum Gasteiger partial charge on any atom is 0.330 e. The van der Waals surface area contributed by atoms with Crippen LogP contribution in [0.4, 0.5) is 0 Å². The number of carboxylic acid groups (broad SMARTS) is 1. The van der Waals surface area contributed by atoms with Gasteiger partial charge in [-0.25, -0.2) is 4.79 Å². The van der Waals surface area contributed by atoms with Crippen molar-refractivity contribution in [3.63, 3.8) is 0 Å². The topological polar surface area (TPSA) is 46.5 Å². The van der Waals surface area contributed by atoms with E-state index in [4.69, 9.17) is 9.84 Å². The summed E-state index contributed by atoms with van der Waals surface area (Å²) in [5.41, 5.74) is 0.225. The molecule has 0 heterocycles. The highest BCUT2D eigenvalue weighted by Crippen LogP contribution is 2.07. The molecular weight excluding hydrogens is 168 g/mol. The van der Waals surface area contributed by atoms with Gasteiger partial charge in [0.1, 0.15) is 0 Å². The van der Waals surface area contributed by atoms with Gasteiger partial charge in [-0.2, -0.15) is 0 Å². The van der Waals surface area contributed by atoms with Crippen LogP contribution in [-0.4, -0.2) is 23.3 Å². The first kappa shape index (κ1) is 12.2. The van der Waals surface area contributed by atoms with Crippen molar-refractivity contribution < 1.29 is 14.6 Å². The Hall–Kier alpha value is -0.830. The van der Waals surface area contributed by atoms with E-state index < -0.39 is 5.97 Å². The van der Waals surface area contributed by atoms with E-state index in [9.17, 15) is 4.79 Å². The third kappa shape index (κ3) is 7.53. The zero-order valence-corrected chi connectivity index (χ0v) is 8.76. The molecule has 1 N–H and O–H groups in total. The fraction of sp³-hybridized carbons (Fsp3) is 0.700. The second kappa shape index (κ2) is 5.02. The highest BCUT2D eigenvalue weighted by atomic mass is 16.5. The number of rotatable bonds is 4. The third-order valence-electron chi connectivity index (χ3n) is 1.44. The Morgan fingerprint density at radius 1 is 1.46 bits per heavy atom. The lowest BCUT2D eigenvalue weighted by atomic mass is 10.2. The predicted molar refractivity (Wildman–Crippen MR) is 51.7 cm³/mol. The molecule has 0 amide bonds. The fourth-order valence-corrected chi connectivity index (χ4v) is 0.728. The normalized spacial score (nSPS) is 13.1. The van der Waals surface area contributed by atoms with Gasteiger partial charge in [-0.3, -0.25) is 0 Å². The second-order valence-corrected chi connectivity index (χ2v) is 3.94. The molecule has 0 aromatic heterocycles. The summed E-state index contributed by atoms with van der Waals surface area (Å²) in [5.74, 6) is -0.865. The largest absolute Gasteiger partial charge is 0.478 e. The number of carboxylic acids is 1. The van der Waals surface area contributed by atoms with Gasteiger partial charge in [0.15, 0.2) is 0 Å². The summed E-state index contributed by atoms with van der Waals surface area (Å²) in [6.45, 7) is 8.07. The number of hydrogen-bond donors (Lipinski definition) is 1. The molecule has 0 aromatic carbocycles.